The van der Waals surface area contributed by atoms with Gasteiger partial charge < -0.3 is 5.32 Å². The summed E-state index contributed by atoms with van der Waals surface area (Å²) in [6.07, 6.45) is -4.72. The first-order chi connectivity index (χ1) is 9.29. The second-order valence-corrected chi connectivity index (χ2v) is 5.49. The van der Waals surface area contributed by atoms with E-state index in [9.17, 15) is 18.0 Å². The molecular weight excluding hydrogens is 313 g/mol. The Bertz CT molecular complexity index is 654. The van der Waals surface area contributed by atoms with Gasteiger partial charge in [-0.05, 0) is 18.6 Å². The molecular formula is C12H8ClF3N2OS. The highest BCUT2D eigenvalue weighted by atomic mass is 35.5. The van der Waals surface area contributed by atoms with Crippen LogP contribution in [0.5, 0.6) is 0 Å². The number of alkyl halides is 3. The summed E-state index contributed by atoms with van der Waals surface area (Å²) in [5.41, 5.74) is -0.0845. The fourth-order valence-corrected chi connectivity index (χ4v) is 2.56. The maximum atomic E-state index is 12.7. The Morgan fingerprint density at radius 3 is 2.60 bits per heavy atom. The quantitative estimate of drug-likeness (QED) is 0.892. The number of aromatic nitrogens is 1. The third kappa shape index (κ3) is 3.10. The summed E-state index contributed by atoms with van der Waals surface area (Å²) in [5, 5.41) is 2.43. The van der Waals surface area contributed by atoms with Gasteiger partial charge in [-0.1, -0.05) is 41.1 Å². The van der Waals surface area contributed by atoms with Gasteiger partial charge in [0.2, 0.25) is 0 Å². The molecule has 1 aromatic carbocycles. The summed E-state index contributed by atoms with van der Waals surface area (Å²) in [7, 11) is 0. The Morgan fingerprint density at radius 1 is 1.35 bits per heavy atom. The Kier molecular flexibility index (Phi) is 4.01. The van der Waals surface area contributed by atoms with Crippen molar-refractivity contribution in [3.8, 4) is 0 Å². The predicted octanol–water partition coefficient (Wildman–Crippen LogP) is 4.38. The van der Waals surface area contributed by atoms with E-state index in [2.05, 4.69) is 10.3 Å². The van der Waals surface area contributed by atoms with Crippen LogP contribution < -0.4 is 5.32 Å². The number of hydrogen-bond acceptors (Lipinski definition) is 3. The molecule has 0 bridgehead atoms. The first-order valence-electron chi connectivity index (χ1n) is 5.39. The topological polar surface area (TPSA) is 42.0 Å². The van der Waals surface area contributed by atoms with Gasteiger partial charge in [-0.3, -0.25) is 4.79 Å². The standard InChI is InChI=1S/C12H8ClF3N2OS/c1-6-4-2-3-5-7(6)17-10(19)8-9(12(14,15)16)18-11(13)20-8/h2-5H,1H3,(H,17,19). The van der Waals surface area contributed by atoms with Crippen LogP contribution in [0, 0.1) is 6.92 Å². The summed E-state index contributed by atoms with van der Waals surface area (Å²) in [5.74, 6) is -0.879. The van der Waals surface area contributed by atoms with Crippen molar-refractivity contribution in [2.24, 2.45) is 0 Å². The largest absolute Gasteiger partial charge is 0.435 e. The summed E-state index contributed by atoms with van der Waals surface area (Å²) in [4.78, 5) is 14.6. The lowest BCUT2D eigenvalue weighted by Gasteiger charge is -2.09. The molecule has 3 nitrogen and oxygen atoms in total. The van der Waals surface area contributed by atoms with E-state index in [0.717, 1.165) is 5.56 Å². The number of amides is 1. The van der Waals surface area contributed by atoms with Crippen LogP contribution in [-0.4, -0.2) is 10.9 Å². The van der Waals surface area contributed by atoms with Crippen LogP contribution in [0.2, 0.25) is 4.47 Å². The van der Waals surface area contributed by atoms with E-state index in [1.807, 2.05) is 0 Å². The summed E-state index contributed by atoms with van der Waals surface area (Å²) < 4.78 is 37.9. The van der Waals surface area contributed by atoms with E-state index in [-0.39, 0.29) is 4.47 Å². The van der Waals surface area contributed by atoms with E-state index in [1.165, 1.54) is 0 Å². The number of nitrogens with one attached hydrogen (secondary N) is 1. The first kappa shape index (κ1) is 14.8. The van der Waals surface area contributed by atoms with Crippen LogP contribution in [0.3, 0.4) is 0 Å². The molecule has 8 heteroatoms. The molecule has 0 aliphatic heterocycles. The first-order valence-corrected chi connectivity index (χ1v) is 6.59. The zero-order valence-electron chi connectivity index (χ0n) is 10.1. The van der Waals surface area contributed by atoms with Crippen LogP contribution in [0.25, 0.3) is 0 Å². The summed E-state index contributed by atoms with van der Waals surface area (Å²) in [6.45, 7) is 1.74. The molecule has 1 amide bonds. The maximum Gasteiger partial charge on any atom is 0.435 e. The molecule has 0 saturated carbocycles. The van der Waals surface area contributed by atoms with E-state index in [4.69, 9.17) is 11.6 Å². The van der Waals surface area contributed by atoms with E-state index >= 15 is 0 Å². The van der Waals surface area contributed by atoms with Gasteiger partial charge in [0, 0.05) is 5.69 Å². The predicted molar refractivity (Wildman–Crippen MR) is 71.3 cm³/mol. The number of rotatable bonds is 2. The molecule has 0 aliphatic carbocycles. The van der Waals surface area contributed by atoms with Crippen LogP contribution in [-0.2, 0) is 6.18 Å². The molecule has 1 N–H and O–H groups in total. The van der Waals surface area contributed by atoms with Crippen LogP contribution >= 0.6 is 22.9 Å². The molecule has 0 unspecified atom stereocenters. The fourth-order valence-electron chi connectivity index (χ4n) is 1.53. The second kappa shape index (κ2) is 5.41. The van der Waals surface area contributed by atoms with Crippen molar-refractivity contribution in [3.05, 3.63) is 44.9 Å². The number of carbonyl (C=O) groups excluding carboxylic acids is 1. The zero-order chi connectivity index (χ0) is 14.9. The van der Waals surface area contributed by atoms with Gasteiger partial charge >= 0.3 is 6.18 Å². The molecule has 0 radical (unpaired) electrons. The van der Waals surface area contributed by atoms with Gasteiger partial charge in [-0.2, -0.15) is 13.2 Å². The Balaban J connectivity index is 2.33. The van der Waals surface area contributed by atoms with E-state index < -0.39 is 22.7 Å². The molecule has 0 aliphatic rings. The van der Waals surface area contributed by atoms with Crippen molar-refractivity contribution in [3.63, 3.8) is 0 Å². The number of carbonyl (C=O) groups is 1. The number of aryl methyl sites for hydroxylation is 1. The number of halogens is 4. The third-order valence-corrected chi connectivity index (χ3v) is 3.63. The van der Waals surface area contributed by atoms with Gasteiger partial charge in [-0.25, -0.2) is 4.98 Å². The molecule has 1 heterocycles. The average molecular weight is 321 g/mol. The minimum Gasteiger partial charge on any atom is -0.321 e. The summed E-state index contributed by atoms with van der Waals surface area (Å²) >= 11 is 5.97. The smallest absolute Gasteiger partial charge is 0.321 e. The van der Waals surface area contributed by atoms with Crippen molar-refractivity contribution in [2.75, 3.05) is 5.32 Å². The number of nitrogens with zero attached hydrogens (tertiary/aromatic N) is 1. The normalized spacial score (nSPS) is 11.4. The van der Waals surface area contributed by atoms with Gasteiger partial charge in [0.1, 0.15) is 4.88 Å². The van der Waals surface area contributed by atoms with Crippen molar-refractivity contribution >= 4 is 34.5 Å². The summed E-state index contributed by atoms with van der Waals surface area (Å²) in [6, 6.07) is 6.77. The molecule has 0 saturated heterocycles. The molecule has 2 aromatic rings. The Labute approximate surface area is 121 Å². The fraction of sp³-hybridized carbons (Fsp3) is 0.167. The van der Waals surface area contributed by atoms with E-state index in [0.29, 0.717) is 17.0 Å². The van der Waals surface area contributed by atoms with Crippen molar-refractivity contribution in [1.82, 2.24) is 4.98 Å². The van der Waals surface area contributed by atoms with Gasteiger partial charge in [-0.15, -0.1) is 0 Å². The third-order valence-electron chi connectivity index (χ3n) is 2.47. The molecule has 0 atom stereocenters. The highest BCUT2D eigenvalue weighted by Gasteiger charge is 2.39. The lowest BCUT2D eigenvalue weighted by molar-refractivity contribution is -0.141. The lowest BCUT2D eigenvalue weighted by Crippen LogP contribution is -2.17. The maximum absolute atomic E-state index is 12.7. The van der Waals surface area contributed by atoms with Crippen molar-refractivity contribution in [2.45, 2.75) is 13.1 Å². The molecule has 20 heavy (non-hydrogen) atoms. The average Bonchev–Trinajstić information content (AvgIpc) is 2.74. The van der Waals surface area contributed by atoms with Crippen LogP contribution in [0.15, 0.2) is 24.3 Å². The number of benzene rings is 1. The molecule has 1 aromatic heterocycles. The molecule has 106 valence electrons. The van der Waals surface area contributed by atoms with Gasteiger partial charge in [0.25, 0.3) is 5.91 Å². The monoisotopic (exact) mass is 320 g/mol. The minimum absolute atomic E-state index is 0.327. The number of thiazole rings is 1. The second-order valence-electron chi connectivity index (χ2n) is 3.91. The van der Waals surface area contributed by atoms with Crippen LogP contribution in [0.4, 0.5) is 18.9 Å². The Morgan fingerprint density at radius 2 is 2.00 bits per heavy atom. The Hall–Kier alpha value is -1.60. The SMILES string of the molecule is Cc1ccccc1NC(=O)c1sc(Cl)nc1C(F)(F)F. The number of para-hydroxylation sites is 1. The number of anilines is 1. The van der Waals surface area contributed by atoms with Crippen LogP contribution in [0.1, 0.15) is 20.9 Å². The van der Waals surface area contributed by atoms with Crippen molar-refractivity contribution in [1.29, 1.82) is 0 Å². The van der Waals surface area contributed by atoms with E-state index in [1.54, 1.807) is 31.2 Å². The lowest BCUT2D eigenvalue weighted by atomic mass is 10.2. The minimum atomic E-state index is -4.72. The molecule has 0 spiro atoms. The zero-order valence-corrected chi connectivity index (χ0v) is 11.7. The molecule has 0 fully saturated rings. The van der Waals surface area contributed by atoms with Gasteiger partial charge in [0.15, 0.2) is 10.2 Å². The highest BCUT2D eigenvalue weighted by Crippen LogP contribution is 2.36. The van der Waals surface area contributed by atoms with Crippen molar-refractivity contribution < 1.29 is 18.0 Å². The number of hydrogen-bond donors (Lipinski definition) is 1. The highest BCUT2D eigenvalue weighted by molar-refractivity contribution is 7.17. The van der Waals surface area contributed by atoms with Gasteiger partial charge in [0.05, 0.1) is 0 Å². The molecule has 2 rings (SSSR count).